The fraction of sp³-hybridized carbons (Fsp3) is 0. The van der Waals surface area contributed by atoms with Gasteiger partial charge in [0, 0.05) is 25.9 Å². The Morgan fingerprint density at radius 2 is 1.65 bits per heavy atom. The second-order valence-electron chi connectivity index (χ2n) is 4.35. The molecule has 0 bridgehead atoms. The van der Waals surface area contributed by atoms with E-state index in [1.165, 1.54) is 5.82 Å². The Morgan fingerprint density at radius 1 is 1.00 bits per heavy atom. The van der Waals surface area contributed by atoms with Crippen molar-refractivity contribution in [1.82, 2.24) is 0 Å². The van der Waals surface area contributed by atoms with Crippen molar-refractivity contribution in [2.75, 3.05) is 0 Å². The van der Waals surface area contributed by atoms with Crippen LogP contribution in [-0.4, -0.2) is 4.89 Å². The summed E-state index contributed by atoms with van der Waals surface area (Å²) in [7, 11) is -3.76. The summed E-state index contributed by atoms with van der Waals surface area (Å²) in [5.41, 5.74) is 2.36. The van der Waals surface area contributed by atoms with E-state index in [9.17, 15) is 9.46 Å². The van der Waals surface area contributed by atoms with Gasteiger partial charge in [0.25, 0.3) is 0 Å². The van der Waals surface area contributed by atoms with Gasteiger partial charge in [0.15, 0.2) is 0 Å². The molecule has 1 aliphatic rings. The van der Waals surface area contributed by atoms with Crippen molar-refractivity contribution >= 4 is 45.0 Å². The second kappa shape index (κ2) is 5.15. The minimum Gasteiger partial charge on any atom is -0.421 e. The van der Waals surface area contributed by atoms with E-state index in [1.54, 1.807) is 12.1 Å². The lowest BCUT2D eigenvalue weighted by molar-refractivity contribution is 0.390. The van der Waals surface area contributed by atoms with Crippen molar-refractivity contribution in [1.29, 1.82) is 0 Å². The Hall–Kier alpha value is -0.870. The van der Waals surface area contributed by atoms with Gasteiger partial charge >= 0.3 is 7.60 Å². The maximum atomic E-state index is 12.0. The number of hydrogen-bond acceptors (Lipinski definition) is 2. The molecule has 0 saturated heterocycles. The molecule has 0 aromatic heterocycles. The maximum absolute atomic E-state index is 12.0. The predicted octanol–water partition coefficient (Wildman–Crippen LogP) is 5.18. The second-order valence-corrected chi connectivity index (χ2v) is 7.75. The van der Waals surface area contributed by atoms with Gasteiger partial charge < -0.3 is 9.42 Å². The van der Waals surface area contributed by atoms with Crippen molar-refractivity contribution < 1.29 is 14.0 Å². The van der Waals surface area contributed by atoms with Gasteiger partial charge in [-0.15, -0.1) is 0 Å². The van der Waals surface area contributed by atoms with Crippen LogP contribution in [0.1, 0.15) is 11.1 Å². The number of halogens is 2. The highest BCUT2D eigenvalue weighted by atomic mass is 79.9. The van der Waals surface area contributed by atoms with Gasteiger partial charge in [0.2, 0.25) is 0 Å². The van der Waals surface area contributed by atoms with Crippen LogP contribution in [0.3, 0.4) is 0 Å². The first-order chi connectivity index (χ1) is 9.44. The molecule has 0 spiro atoms. The fourth-order valence-electron chi connectivity index (χ4n) is 2.05. The molecule has 0 amide bonds. The van der Waals surface area contributed by atoms with Crippen LogP contribution >= 0.6 is 39.5 Å². The lowest BCUT2D eigenvalue weighted by atomic mass is 9.99. The van der Waals surface area contributed by atoms with E-state index in [-0.39, 0.29) is 0 Å². The van der Waals surface area contributed by atoms with E-state index in [0.717, 1.165) is 20.1 Å². The number of hydrogen-bond donors (Lipinski definition) is 1. The van der Waals surface area contributed by atoms with Gasteiger partial charge in [0.05, 0.1) is 0 Å². The lowest BCUT2D eigenvalue weighted by Gasteiger charge is -2.22. The van der Waals surface area contributed by atoms with Crippen molar-refractivity contribution in [3.05, 3.63) is 68.4 Å². The van der Waals surface area contributed by atoms with Crippen molar-refractivity contribution in [2.45, 2.75) is 0 Å². The number of rotatable bonds is 1. The van der Waals surface area contributed by atoms with Crippen molar-refractivity contribution in [3.8, 4) is 5.75 Å². The molecule has 6 heteroatoms. The van der Waals surface area contributed by atoms with Crippen LogP contribution in [0.25, 0.3) is 5.57 Å². The molecule has 0 aliphatic carbocycles. The molecule has 0 radical (unpaired) electrons. The van der Waals surface area contributed by atoms with Crippen LogP contribution in [0.5, 0.6) is 5.75 Å². The van der Waals surface area contributed by atoms with Gasteiger partial charge in [-0.1, -0.05) is 44.0 Å². The summed E-state index contributed by atoms with van der Waals surface area (Å²) in [6, 6.07) is 12.9. The zero-order valence-corrected chi connectivity index (χ0v) is 14.2. The molecular weight excluding hydrogens is 407 g/mol. The van der Waals surface area contributed by atoms with Crippen LogP contribution < -0.4 is 4.52 Å². The molecule has 1 N–H and O–H groups in total. The summed E-state index contributed by atoms with van der Waals surface area (Å²) < 4.78 is 19.0. The quantitative estimate of drug-likeness (QED) is 0.653. The number of fused-ring (bicyclic) bond motifs is 1. The van der Waals surface area contributed by atoms with Gasteiger partial charge in [-0.3, -0.25) is 0 Å². The first-order valence-electron chi connectivity index (χ1n) is 5.75. The summed E-state index contributed by atoms with van der Waals surface area (Å²) in [6.07, 6.45) is 0. The molecule has 1 aliphatic heterocycles. The first-order valence-corrected chi connectivity index (χ1v) is 8.99. The highest BCUT2D eigenvalue weighted by molar-refractivity contribution is 9.10. The van der Waals surface area contributed by atoms with E-state index in [1.807, 2.05) is 30.3 Å². The molecule has 1 atom stereocenters. The molecule has 102 valence electrons. The molecule has 20 heavy (non-hydrogen) atoms. The fourth-order valence-corrected chi connectivity index (χ4v) is 3.79. The summed E-state index contributed by atoms with van der Waals surface area (Å²) in [5.74, 6) is 1.71. The Morgan fingerprint density at radius 3 is 2.35 bits per heavy atom. The molecule has 0 fully saturated rings. The SMILES string of the molecule is O=P1(O)C=C(c2ccc(Br)cc2)c2cc(Br)ccc2O1. The van der Waals surface area contributed by atoms with Gasteiger partial charge in [-0.05, 0) is 35.9 Å². The monoisotopic (exact) mass is 414 g/mol. The summed E-state index contributed by atoms with van der Waals surface area (Å²) in [6.45, 7) is 0. The topological polar surface area (TPSA) is 46.5 Å². The van der Waals surface area contributed by atoms with Crippen molar-refractivity contribution in [2.24, 2.45) is 0 Å². The Labute approximate surface area is 133 Å². The van der Waals surface area contributed by atoms with Crippen LogP contribution in [0.2, 0.25) is 0 Å². The molecule has 1 heterocycles. The normalized spacial score (nSPS) is 20.9. The molecule has 3 nitrogen and oxygen atoms in total. The van der Waals surface area contributed by atoms with Crippen LogP contribution in [-0.2, 0) is 4.57 Å². The van der Waals surface area contributed by atoms with E-state index < -0.39 is 7.60 Å². The molecule has 1 unspecified atom stereocenters. The van der Waals surface area contributed by atoms with E-state index in [2.05, 4.69) is 31.9 Å². The van der Waals surface area contributed by atoms with Crippen LogP contribution in [0.4, 0.5) is 0 Å². The molecule has 2 aromatic carbocycles. The summed E-state index contributed by atoms with van der Waals surface area (Å²) >= 11 is 6.79. The Kier molecular flexibility index (Phi) is 3.63. The molecule has 0 saturated carbocycles. The van der Waals surface area contributed by atoms with Crippen LogP contribution in [0, 0.1) is 0 Å². The zero-order valence-electron chi connectivity index (χ0n) is 10.1. The zero-order chi connectivity index (χ0) is 14.3. The first kappa shape index (κ1) is 14.1. The third-order valence-electron chi connectivity index (χ3n) is 2.91. The lowest BCUT2D eigenvalue weighted by Crippen LogP contribution is -2.02. The Balaban J connectivity index is 2.22. The minimum atomic E-state index is -3.76. The van der Waals surface area contributed by atoms with Gasteiger partial charge in [0.1, 0.15) is 5.75 Å². The summed E-state index contributed by atoms with van der Waals surface area (Å²) in [5, 5.41) is 0. The average Bonchev–Trinajstić information content (AvgIpc) is 2.39. The van der Waals surface area contributed by atoms with E-state index in [4.69, 9.17) is 4.52 Å². The largest absolute Gasteiger partial charge is 0.421 e. The highest BCUT2D eigenvalue weighted by Crippen LogP contribution is 2.54. The smallest absolute Gasteiger partial charge is 0.401 e. The van der Waals surface area contributed by atoms with Gasteiger partial charge in [-0.25, -0.2) is 4.57 Å². The third-order valence-corrected chi connectivity index (χ3v) is 4.97. The highest BCUT2D eigenvalue weighted by Gasteiger charge is 2.28. The predicted molar refractivity (Wildman–Crippen MR) is 85.8 cm³/mol. The molecule has 3 rings (SSSR count). The average molecular weight is 416 g/mol. The molecular formula is C14H9Br2O3P. The standard InChI is InChI=1S/C14H9Br2O3P/c15-10-3-1-9(2-4-10)13-8-20(17,18)19-14-6-5-11(16)7-12(13)14/h1-8H,(H,17,18). The number of benzene rings is 2. The Bertz CT molecular complexity index is 754. The van der Waals surface area contributed by atoms with Crippen LogP contribution in [0.15, 0.2) is 57.2 Å². The third kappa shape index (κ3) is 2.77. The van der Waals surface area contributed by atoms with Crippen molar-refractivity contribution in [3.63, 3.8) is 0 Å². The van der Waals surface area contributed by atoms with E-state index in [0.29, 0.717) is 11.3 Å². The van der Waals surface area contributed by atoms with E-state index >= 15 is 0 Å². The molecule has 2 aromatic rings. The van der Waals surface area contributed by atoms with Gasteiger partial charge in [-0.2, -0.15) is 0 Å². The minimum absolute atomic E-state index is 0.416. The maximum Gasteiger partial charge on any atom is 0.401 e. The summed E-state index contributed by atoms with van der Waals surface area (Å²) in [4.78, 5) is 9.81.